The Bertz CT molecular complexity index is 1160. The molecule has 0 spiro atoms. The van der Waals surface area contributed by atoms with E-state index in [0.29, 0.717) is 12.2 Å². The molecule has 0 aliphatic rings. The highest BCUT2D eigenvalue weighted by atomic mass is 16.5. The van der Waals surface area contributed by atoms with Crippen LogP contribution in [0.1, 0.15) is 43.1 Å². The molecular weight excluding hydrogens is 374 g/mol. The van der Waals surface area contributed by atoms with Crippen LogP contribution < -0.4 is 10.1 Å². The van der Waals surface area contributed by atoms with Crippen molar-refractivity contribution in [2.45, 2.75) is 32.6 Å². The van der Waals surface area contributed by atoms with Crippen molar-refractivity contribution < 1.29 is 9.53 Å². The minimum absolute atomic E-state index is 0.131. The third-order valence-electron chi connectivity index (χ3n) is 5.41. The van der Waals surface area contributed by atoms with Gasteiger partial charge in [-0.3, -0.25) is 4.79 Å². The molecule has 5 nitrogen and oxygen atoms in total. The molecule has 0 bridgehead atoms. The number of aromatic amines is 1. The molecule has 4 rings (SSSR count). The van der Waals surface area contributed by atoms with Gasteiger partial charge in [-0.05, 0) is 42.8 Å². The van der Waals surface area contributed by atoms with Gasteiger partial charge >= 0.3 is 0 Å². The van der Waals surface area contributed by atoms with Gasteiger partial charge in [0.1, 0.15) is 11.4 Å². The summed E-state index contributed by atoms with van der Waals surface area (Å²) in [6.07, 6.45) is 4.48. The van der Waals surface area contributed by atoms with Crippen LogP contribution in [0, 0.1) is 0 Å². The van der Waals surface area contributed by atoms with Crippen LogP contribution in [0.25, 0.3) is 33.1 Å². The average Bonchev–Trinajstić information content (AvgIpc) is 3.17. The minimum Gasteiger partial charge on any atom is -0.497 e. The lowest BCUT2D eigenvalue weighted by Crippen LogP contribution is -2.25. The molecule has 0 fully saturated rings. The largest absolute Gasteiger partial charge is 0.497 e. The fourth-order valence-corrected chi connectivity index (χ4v) is 3.76. The summed E-state index contributed by atoms with van der Waals surface area (Å²) in [7, 11) is 1.65. The van der Waals surface area contributed by atoms with Crippen LogP contribution in [0.2, 0.25) is 0 Å². The lowest BCUT2D eigenvalue weighted by molar-refractivity contribution is 0.0948. The van der Waals surface area contributed by atoms with Gasteiger partial charge in [-0.1, -0.05) is 44.4 Å². The first-order valence-electron chi connectivity index (χ1n) is 10.6. The Balaban J connectivity index is 1.75. The second-order valence-electron chi connectivity index (χ2n) is 7.49. The van der Waals surface area contributed by atoms with Crippen molar-refractivity contribution in [3.63, 3.8) is 0 Å². The maximum atomic E-state index is 12.9. The van der Waals surface area contributed by atoms with Crippen LogP contribution in [0.4, 0.5) is 0 Å². The van der Waals surface area contributed by atoms with Crippen LogP contribution in [0.15, 0.2) is 54.6 Å². The summed E-state index contributed by atoms with van der Waals surface area (Å²) in [5.41, 5.74) is 4.10. The van der Waals surface area contributed by atoms with Gasteiger partial charge in [-0.2, -0.15) is 0 Å². The highest BCUT2D eigenvalue weighted by Gasteiger charge is 2.17. The molecule has 0 aliphatic heterocycles. The molecule has 5 heteroatoms. The van der Waals surface area contributed by atoms with Gasteiger partial charge in [0.2, 0.25) is 0 Å². The van der Waals surface area contributed by atoms with Crippen molar-refractivity contribution in [3.05, 3.63) is 60.3 Å². The number of ether oxygens (including phenoxy) is 1. The third-order valence-corrected chi connectivity index (χ3v) is 5.41. The van der Waals surface area contributed by atoms with E-state index in [1.54, 1.807) is 7.11 Å². The Morgan fingerprint density at radius 1 is 1.03 bits per heavy atom. The number of carbonyl (C=O) groups is 1. The van der Waals surface area contributed by atoms with Crippen LogP contribution in [-0.4, -0.2) is 29.5 Å². The van der Waals surface area contributed by atoms with Crippen LogP contribution in [-0.2, 0) is 0 Å². The summed E-state index contributed by atoms with van der Waals surface area (Å²) in [6, 6.07) is 17.8. The van der Waals surface area contributed by atoms with Crippen molar-refractivity contribution in [2.75, 3.05) is 13.7 Å². The number of hydrogen-bond acceptors (Lipinski definition) is 3. The fraction of sp³-hybridized carbons (Fsp3) is 0.280. The van der Waals surface area contributed by atoms with Crippen LogP contribution >= 0.6 is 0 Å². The molecule has 0 saturated heterocycles. The minimum atomic E-state index is -0.131. The molecule has 30 heavy (non-hydrogen) atoms. The lowest BCUT2D eigenvalue weighted by atomic mass is 10.1. The smallest absolute Gasteiger partial charge is 0.269 e. The number of nitrogens with zero attached hydrogens (tertiary/aromatic N) is 1. The topological polar surface area (TPSA) is 67.0 Å². The van der Waals surface area contributed by atoms with Crippen molar-refractivity contribution in [3.8, 4) is 17.0 Å². The van der Waals surface area contributed by atoms with Gasteiger partial charge < -0.3 is 15.0 Å². The van der Waals surface area contributed by atoms with Crippen molar-refractivity contribution in [1.82, 2.24) is 15.3 Å². The number of amides is 1. The van der Waals surface area contributed by atoms with Crippen LogP contribution in [0.5, 0.6) is 5.75 Å². The van der Waals surface area contributed by atoms with Gasteiger partial charge in [-0.25, -0.2) is 4.98 Å². The summed E-state index contributed by atoms with van der Waals surface area (Å²) in [5, 5.41) is 5.12. The Kier molecular flexibility index (Phi) is 5.98. The molecule has 0 unspecified atom stereocenters. The van der Waals surface area contributed by atoms with E-state index in [9.17, 15) is 4.79 Å². The number of para-hydroxylation sites is 1. The number of pyridine rings is 1. The zero-order valence-corrected chi connectivity index (χ0v) is 17.5. The molecular formula is C25H27N3O2. The number of carbonyl (C=O) groups excluding carboxylic acids is 1. The molecule has 2 aromatic heterocycles. The van der Waals surface area contributed by atoms with Gasteiger partial charge in [-0.15, -0.1) is 0 Å². The monoisotopic (exact) mass is 401 g/mol. The highest BCUT2D eigenvalue weighted by molar-refractivity contribution is 6.13. The van der Waals surface area contributed by atoms with Gasteiger partial charge in [0.25, 0.3) is 5.91 Å². The molecule has 0 saturated carbocycles. The molecule has 0 radical (unpaired) electrons. The first-order chi connectivity index (χ1) is 14.7. The second-order valence-corrected chi connectivity index (χ2v) is 7.49. The van der Waals surface area contributed by atoms with Gasteiger partial charge in [0.05, 0.1) is 18.3 Å². The van der Waals surface area contributed by atoms with Crippen LogP contribution in [0.3, 0.4) is 0 Å². The molecule has 2 aromatic carbocycles. The number of nitrogens with one attached hydrogen (secondary N) is 2. The summed E-state index contributed by atoms with van der Waals surface area (Å²) in [6.45, 7) is 2.85. The summed E-state index contributed by atoms with van der Waals surface area (Å²) >= 11 is 0. The Morgan fingerprint density at radius 2 is 1.83 bits per heavy atom. The Morgan fingerprint density at radius 3 is 2.60 bits per heavy atom. The van der Waals surface area contributed by atoms with E-state index in [1.165, 1.54) is 12.8 Å². The van der Waals surface area contributed by atoms with E-state index in [0.717, 1.165) is 51.7 Å². The molecule has 4 aromatic rings. The van der Waals surface area contributed by atoms with E-state index in [-0.39, 0.29) is 5.91 Å². The third kappa shape index (κ3) is 4.01. The predicted molar refractivity (Wildman–Crippen MR) is 122 cm³/mol. The second kappa shape index (κ2) is 8.99. The maximum absolute atomic E-state index is 12.9. The summed E-state index contributed by atoms with van der Waals surface area (Å²) in [4.78, 5) is 21.1. The van der Waals surface area contributed by atoms with Crippen molar-refractivity contribution in [2.24, 2.45) is 0 Å². The molecule has 0 aliphatic carbocycles. The number of methoxy groups -OCH3 is 1. The van der Waals surface area contributed by atoms with E-state index in [4.69, 9.17) is 9.72 Å². The normalized spacial score (nSPS) is 11.1. The SMILES string of the molecule is CCCCCCNC(=O)c1cc2c([nH]c3ccccc32)c(-c2ccc(OC)cc2)n1. The van der Waals surface area contributed by atoms with E-state index < -0.39 is 0 Å². The fourth-order valence-electron chi connectivity index (χ4n) is 3.76. The zero-order valence-electron chi connectivity index (χ0n) is 17.5. The first-order valence-corrected chi connectivity index (χ1v) is 10.6. The van der Waals surface area contributed by atoms with E-state index >= 15 is 0 Å². The van der Waals surface area contributed by atoms with Gasteiger partial charge in [0.15, 0.2) is 0 Å². The van der Waals surface area contributed by atoms with Crippen molar-refractivity contribution >= 4 is 27.7 Å². The number of rotatable bonds is 8. The quantitative estimate of drug-likeness (QED) is 0.372. The number of fused-ring (bicyclic) bond motifs is 3. The summed E-state index contributed by atoms with van der Waals surface area (Å²) in [5.74, 6) is 0.654. The molecule has 2 heterocycles. The number of H-pyrrole nitrogens is 1. The van der Waals surface area contributed by atoms with E-state index in [1.807, 2.05) is 48.5 Å². The lowest BCUT2D eigenvalue weighted by Gasteiger charge is -2.09. The Hall–Kier alpha value is -3.34. The number of unbranched alkanes of at least 4 members (excludes halogenated alkanes) is 3. The molecule has 1 amide bonds. The zero-order chi connectivity index (χ0) is 20.9. The first kappa shape index (κ1) is 20.0. The number of aromatic nitrogens is 2. The number of hydrogen-bond donors (Lipinski definition) is 2. The Labute approximate surface area is 176 Å². The molecule has 154 valence electrons. The average molecular weight is 402 g/mol. The highest BCUT2D eigenvalue weighted by Crippen LogP contribution is 2.33. The van der Waals surface area contributed by atoms with E-state index in [2.05, 4.69) is 23.3 Å². The van der Waals surface area contributed by atoms with Crippen molar-refractivity contribution in [1.29, 1.82) is 0 Å². The predicted octanol–water partition coefficient (Wildman–Crippen LogP) is 5.70. The molecule has 0 atom stereocenters. The molecule has 2 N–H and O–H groups in total. The number of benzene rings is 2. The van der Waals surface area contributed by atoms with Gasteiger partial charge in [0, 0.05) is 28.4 Å². The summed E-state index contributed by atoms with van der Waals surface area (Å²) < 4.78 is 5.28. The maximum Gasteiger partial charge on any atom is 0.269 e. The standard InChI is InChI=1S/C25H27N3O2/c1-3-4-5-8-15-26-25(29)22-16-20-19-9-6-7-10-21(19)27-24(20)23(28-22)17-11-13-18(30-2)14-12-17/h6-7,9-14,16,27H,3-5,8,15H2,1-2H3,(H,26,29).